The van der Waals surface area contributed by atoms with Crippen LogP contribution in [0.25, 0.3) is 0 Å². The van der Waals surface area contributed by atoms with Crippen LogP contribution in [0, 0.1) is 0 Å². The van der Waals surface area contributed by atoms with Crippen molar-refractivity contribution >= 4 is 20.6 Å². The van der Waals surface area contributed by atoms with Crippen LogP contribution in [0.1, 0.15) is 20.7 Å². The SMILES string of the molecule is O=POc1ccc(C(=O)O)c(C(=O)O)c1. The molecule has 0 spiro atoms. The minimum absolute atomic E-state index is 0.0223. The molecule has 0 radical (unpaired) electrons. The van der Waals surface area contributed by atoms with E-state index in [0.29, 0.717) is 0 Å². The van der Waals surface area contributed by atoms with Crippen molar-refractivity contribution in [1.29, 1.82) is 0 Å². The summed E-state index contributed by atoms with van der Waals surface area (Å²) in [5, 5.41) is 17.4. The molecular formula is C8H5O6P. The topological polar surface area (TPSA) is 101 Å². The number of carbonyl (C=O) groups is 2. The van der Waals surface area contributed by atoms with Gasteiger partial charge in [-0.05, 0) is 18.2 Å². The van der Waals surface area contributed by atoms with Crippen LogP contribution >= 0.6 is 8.69 Å². The summed E-state index contributed by atoms with van der Waals surface area (Å²) in [5.41, 5.74) is -0.763. The van der Waals surface area contributed by atoms with Crippen LogP contribution in [0.5, 0.6) is 5.75 Å². The molecule has 0 aliphatic heterocycles. The molecule has 1 aromatic carbocycles. The fourth-order valence-corrected chi connectivity index (χ4v) is 1.19. The van der Waals surface area contributed by atoms with E-state index in [1.165, 1.54) is 6.07 Å². The van der Waals surface area contributed by atoms with Crippen molar-refractivity contribution in [1.82, 2.24) is 0 Å². The second-order valence-electron chi connectivity index (χ2n) is 2.48. The summed E-state index contributed by atoms with van der Waals surface area (Å²) in [5.74, 6) is -2.71. The minimum atomic E-state index is -1.39. The van der Waals surface area contributed by atoms with Gasteiger partial charge >= 0.3 is 20.6 Å². The van der Waals surface area contributed by atoms with E-state index < -0.39 is 26.2 Å². The van der Waals surface area contributed by atoms with Crippen LogP contribution in [-0.2, 0) is 4.57 Å². The Morgan fingerprint density at radius 3 is 2.20 bits per heavy atom. The Balaban J connectivity index is 3.26. The summed E-state index contributed by atoms with van der Waals surface area (Å²) in [4.78, 5) is 21.3. The number of carboxylic acids is 2. The fourth-order valence-electron chi connectivity index (χ4n) is 0.987. The monoisotopic (exact) mass is 228 g/mol. The van der Waals surface area contributed by atoms with E-state index in [2.05, 4.69) is 4.52 Å². The maximum Gasteiger partial charge on any atom is 0.395 e. The molecule has 1 aromatic rings. The van der Waals surface area contributed by atoms with E-state index in [1.807, 2.05) is 0 Å². The summed E-state index contributed by atoms with van der Waals surface area (Å²) in [6, 6.07) is 3.30. The largest absolute Gasteiger partial charge is 0.478 e. The molecule has 0 heterocycles. The number of benzene rings is 1. The third-order valence-corrected chi connectivity index (χ3v) is 1.88. The molecular weight excluding hydrogens is 223 g/mol. The van der Waals surface area contributed by atoms with Crippen molar-refractivity contribution in [2.45, 2.75) is 0 Å². The van der Waals surface area contributed by atoms with Crippen molar-refractivity contribution in [3.05, 3.63) is 29.3 Å². The highest BCUT2D eigenvalue weighted by Gasteiger charge is 2.16. The van der Waals surface area contributed by atoms with E-state index in [9.17, 15) is 14.2 Å². The van der Waals surface area contributed by atoms with Gasteiger partial charge in [-0.3, -0.25) is 0 Å². The summed E-state index contributed by atoms with van der Waals surface area (Å²) >= 11 is 0. The van der Waals surface area contributed by atoms with Crippen molar-refractivity contribution in [2.75, 3.05) is 0 Å². The van der Waals surface area contributed by atoms with Crippen LogP contribution in [0.2, 0.25) is 0 Å². The number of hydrogen-bond donors (Lipinski definition) is 2. The summed E-state index contributed by atoms with van der Waals surface area (Å²) in [6.45, 7) is 0. The maximum absolute atomic E-state index is 10.7. The average molecular weight is 228 g/mol. The molecule has 7 heteroatoms. The van der Waals surface area contributed by atoms with Crippen LogP contribution in [0.3, 0.4) is 0 Å². The van der Waals surface area contributed by atoms with Gasteiger partial charge in [0, 0.05) is 0 Å². The first-order chi connectivity index (χ1) is 7.06. The van der Waals surface area contributed by atoms with Gasteiger partial charge < -0.3 is 14.7 Å². The third-order valence-electron chi connectivity index (χ3n) is 1.59. The zero-order valence-corrected chi connectivity index (χ0v) is 8.10. The first kappa shape index (κ1) is 11.1. The molecule has 0 amide bonds. The summed E-state index contributed by atoms with van der Waals surface area (Å²) in [6.07, 6.45) is 0. The lowest BCUT2D eigenvalue weighted by Gasteiger charge is -2.02. The number of carboxylic acid groups (broad SMARTS) is 2. The molecule has 0 aromatic heterocycles. The molecule has 0 saturated heterocycles. The zero-order valence-electron chi connectivity index (χ0n) is 7.21. The van der Waals surface area contributed by atoms with Gasteiger partial charge in [-0.2, -0.15) is 0 Å². The molecule has 78 valence electrons. The Morgan fingerprint density at radius 1 is 1.13 bits per heavy atom. The molecule has 0 aliphatic rings. The van der Waals surface area contributed by atoms with Gasteiger partial charge in [0.2, 0.25) is 0 Å². The van der Waals surface area contributed by atoms with Gasteiger partial charge in [-0.25, -0.2) is 14.2 Å². The molecule has 0 aliphatic carbocycles. The Bertz CT molecular complexity index is 427. The van der Waals surface area contributed by atoms with E-state index in [0.717, 1.165) is 12.1 Å². The Hall–Kier alpha value is -1.94. The average Bonchev–Trinajstić information content (AvgIpc) is 2.17. The Morgan fingerprint density at radius 2 is 1.73 bits per heavy atom. The second-order valence-corrected chi connectivity index (χ2v) is 2.82. The van der Waals surface area contributed by atoms with Crippen molar-refractivity contribution in [3.8, 4) is 5.75 Å². The Labute approximate surface area is 85.4 Å². The molecule has 15 heavy (non-hydrogen) atoms. The third kappa shape index (κ3) is 2.51. The summed E-state index contributed by atoms with van der Waals surface area (Å²) in [7, 11) is -0.637. The zero-order chi connectivity index (χ0) is 11.4. The predicted octanol–water partition coefficient (Wildman–Crippen LogP) is 1.67. The van der Waals surface area contributed by atoms with Gasteiger partial charge in [0.25, 0.3) is 0 Å². The van der Waals surface area contributed by atoms with E-state index >= 15 is 0 Å². The van der Waals surface area contributed by atoms with Crippen LogP contribution in [0.15, 0.2) is 18.2 Å². The highest BCUT2D eigenvalue weighted by molar-refractivity contribution is 7.17. The van der Waals surface area contributed by atoms with Crippen molar-refractivity contribution < 1.29 is 28.9 Å². The van der Waals surface area contributed by atoms with Crippen molar-refractivity contribution in [2.24, 2.45) is 0 Å². The number of hydrogen-bond acceptors (Lipinski definition) is 4. The van der Waals surface area contributed by atoms with E-state index in [1.54, 1.807) is 0 Å². The lowest BCUT2D eigenvalue weighted by molar-refractivity contribution is 0.0651. The summed E-state index contributed by atoms with van der Waals surface area (Å²) < 4.78 is 14.6. The number of rotatable bonds is 4. The first-order valence-corrected chi connectivity index (χ1v) is 4.39. The second kappa shape index (κ2) is 4.52. The molecule has 0 atom stereocenters. The smallest absolute Gasteiger partial charge is 0.395 e. The molecule has 0 bridgehead atoms. The van der Waals surface area contributed by atoms with Crippen LogP contribution in [0.4, 0.5) is 0 Å². The molecule has 6 nitrogen and oxygen atoms in total. The van der Waals surface area contributed by atoms with Crippen molar-refractivity contribution in [3.63, 3.8) is 0 Å². The molecule has 1 rings (SSSR count). The van der Waals surface area contributed by atoms with E-state index in [-0.39, 0.29) is 11.3 Å². The first-order valence-electron chi connectivity index (χ1n) is 3.66. The molecule has 0 unspecified atom stereocenters. The van der Waals surface area contributed by atoms with Crippen LogP contribution in [-0.4, -0.2) is 22.2 Å². The maximum atomic E-state index is 10.7. The molecule has 0 saturated carbocycles. The fraction of sp³-hybridized carbons (Fsp3) is 0. The van der Waals surface area contributed by atoms with Gasteiger partial charge in [0.1, 0.15) is 5.75 Å². The lowest BCUT2D eigenvalue weighted by atomic mass is 10.1. The predicted molar refractivity (Wildman–Crippen MR) is 48.6 cm³/mol. The van der Waals surface area contributed by atoms with Gasteiger partial charge in [0.05, 0.1) is 11.1 Å². The van der Waals surface area contributed by atoms with E-state index in [4.69, 9.17) is 10.2 Å². The minimum Gasteiger partial charge on any atom is -0.478 e. The molecule has 0 fully saturated rings. The van der Waals surface area contributed by atoms with Crippen LogP contribution < -0.4 is 4.52 Å². The Kier molecular flexibility index (Phi) is 3.36. The lowest BCUT2D eigenvalue weighted by Crippen LogP contribution is -2.07. The van der Waals surface area contributed by atoms with Gasteiger partial charge in [0.15, 0.2) is 0 Å². The quantitative estimate of drug-likeness (QED) is 0.760. The highest BCUT2D eigenvalue weighted by atomic mass is 31.1. The van der Waals surface area contributed by atoms with Gasteiger partial charge in [-0.15, -0.1) is 0 Å². The van der Waals surface area contributed by atoms with Gasteiger partial charge in [-0.1, -0.05) is 0 Å². The highest BCUT2D eigenvalue weighted by Crippen LogP contribution is 2.20. The number of aromatic carboxylic acids is 2. The molecule has 2 N–H and O–H groups in total. The normalized spacial score (nSPS) is 9.87. The standard InChI is InChI=1S/C8H5O6P/c9-7(10)5-2-1-4(14-15-13)3-6(5)8(11)12/h1-3H,(H,9,10)(H,11,12).